The highest BCUT2D eigenvalue weighted by Gasteiger charge is 2.43. The zero-order valence-corrected chi connectivity index (χ0v) is 18.7. The Labute approximate surface area is 188 Å². The van der Waals surface area contributed by atoms with Crippen molar-refractivity contribution >= 4 is 28.8 Å². The van der Waals surface area contributed by atoms with Crippen molar-refractivity contribution in [1.82, 2.24) is 0 Å². The Morgan fingerprint density at radius 2 is 1.59 bits per heavy atom. The van der Waals surface area contributed by atoms with Gasteiger partial charge in [-0.1, -0.05) is 48.5 Å². The Morgan fingerprint density at radius 3 is 2.38 bits per heavy atom. The highest BCUT2D eigenvalue weighted by atomic mass is 16.2. The average Bonchev–Trinajstić information content (AvgIpc) is 3.05. The highest BCUT2D eigenvalue weighted by molar-refractivity contribution is 6.46. The maximum atomic E-state index is 13.9. The van der Waals surface area contributed by atoms with Gasteiger partial charge in [0.05, 0.1) is 11.3 Å². The molecule has 0 saturated heterocycles. The van der Waals surface area contributed by atoms with Gasteiger partial charge in [0.1, 0.15) is 5.70 Å². The van der Waals surface area contributed by atoms with E-state index in [-0.39, 0.29) is 11.8 Å². The Balaban J connectivity index is 1.72. The number of nitrogens with zero attached hydrogens (tertiary/aromatic N) is 2. The third kappa shape index (κ3) is 3.23. The van der Waals surface area contributed by atoms with Crippen molar-refractivity contribution in [1.29, 1.82) is 0 Å². The molecule has 0 aromatic heterocycles. The van der Waals surface area contributed by atoms with Gasteiger partial charge in [-0.2, -0.15) is 0 Å². The first-order valence-corrected chi connectivity index (χ1v) is 11.1. The van der Waals surface area contributed by atoms with E-state index >= 15 is 0 Å². The fraction of sp³-hybridized carbons (Fsp3) is 0.214. The van der Waals surface area contributed by atoms with Crippen molar-refractivity contribution in [3.8, 4) is 0 Å². The number of fused-ring (bicyclic) bond motifs is 1. The number of rotatable bonds is 3. The molecular formula is C28H26N2O2. The van der Waals surface area contributed by atoms with Crippen molar-refractivity contribution in [3.63, 3.8) is 0 Å². The molecule has 3 aromatic carbocycles. The predicted octanol–water partition coefficient (Wildman–Crippen LogP) is 5.35. The van der Waals surface area contributed by atoms with E-state index in [1.165, 1.54) is 10.5 Å². The molecule has 0 bridgehead atoms. The predicted molar refractivity (Wildman–Crippen MR) is 129 cm³/mol. The van der Waals surface area contributed by atoms with Crippen LogP contribution in [-0.2, 0) is 16.0 Å². The molecule has 0 saturated carbocycles. The maximum absolute atomic E-state index is 13.9. The van der Waals surface area contributed by atoms with Crippen LogP contribution in [0.4, 0.5) is 11.4 Å². The lowest BCUT2D eigenvalue weighted by Crippen LogP contribution is -2.37. The standard InChI is InChI=1S/C28H26N2O2/c1-18-8-6-11-23(16-18)30-27(31)25(22-14-13-19(2)20(3)17-22)26(28(30)32)29-15-7-10-21-9-4-5-12-24(21)29/h4-6,8-9,11-14,16-17H,7,10,15H2,1-3H3. The van der Waals surface area contributed by atoms with Crippen molar-refractivity contribution in [2.24, 2.45) is 0 Å². The van der Waals surface area contributed by atoms with Gasteiger partial charge < -0.3 is 4.90 Å². The lowest BCUT2D eigenvalue weighted by atomic mass is 9.97. The summed E-state index contributed by atoms with van der Waals surface area (Å²) in [6.07, 6.45) is 1.91. The van der Waals surface area contributed by atoms with E-state index < -0.39 is 0 Å². The zero-order valence-electron chi connectivity index (χ0n) is 18.7. The second kappa shape index (κ2) is 7.79. The minimum absolute atomic E-state index is 0.259. The highest BCUT2D eigenvalue weighted by Crippen LogP contribution is 2.39. The van der Waals surface area contributed by atoms with Crippen LogP contribution >= 0.6 is 0 Å². The summed E-state index contributed by atoms with van der Waals surface area (Å²) in [7, 11) is 0. The van der Waals surface area contributed by atoms with E-state index in [0.29, 0.717) is 23.5 Å². The number of para-hydroxylation sites is 1. The summed E-state index contributed by atoms with van der Waals surface area (Å²) in [6.45, 7) is 6.76. The number of hydrogen-bond acceptors (Lipinski definition) is 3. The molecule has 160 valence electrons. The van der Waals surface area contributed by atoms with Crippen LogP contribution < -0.4 is 9.80 Å². The summed E-state index contributed by atoms with van der Waals surface area (Å²) in [6, 6.07) is 21.7. The second-order valence-electron chi connectivity index (χ2n) is 8.69. The number of amides is 2. The molecule has 0 aliphatic carbocycles. The van der Waals surface area contributed by atoms with Crippen LogP contribution in [0, 0.1) is 20.8 Å². The minimum Gasteiger partial charge on any atom is -0.336 e. The third-order valence-electron chi connectivity index (χ3n) is 6.50. The number of hydrogen-bond donors (Lipinski definition) is 0. The van der Waals surface area contributed by atoms with Crippen molar-refractivity contribution in [2.45, 2.75) is 33.6 Å². The number of benzene rings is 3. The molecule has 0 N–H and O–H groups in total. The van der Waals surface area contributed by atoms with E-state index in [0.717, 1.165) is 40.8 Å². The summed E-state index contributed by atoms with van der Waals surface area (Å²) < 4.78 is 0. The van der Waals surface area contributed by atoms with Crippen LogP contribution in [0.2, 0.25) is 0 Å². The van der Waals surface area contributed by atoms with Crippen molar-refractivity contribution in [3.05, 3.63) is 100 Å². The molecule has 32 heavy (non-hydrogen) atoms. The molecule has 0 atom stereocenters. The summed E-state index contributed by atoms with van der Waals surface area (Å²) >= 11 is 0. The zero-order chi connectivity index (χ0) is 22.4. The number of imide groups is 1. The molecular weight excluding hydrogens is 396 g/mol. The van der Waals surface area contributed by atoms with Crippen LogP contribution in [0.1, 0.15) is 34.2 Å². The summed E-state index contributed by atoms with van der Waals surface area (Å²) in [5.74, 6) is -0.521. The second-order valence-corrected chi connectivity index (χ2v) is 8.69. The lowest BCUT2D eigenvalue weighted by Gasteiger charge is -2.32. The van der Waals surface area contributed by atoms with Crippen LogP contribution in [0.5, 0.6) is 0 Å². The molecule has 0 radical (unpaired) electrons. The van der Waals surface area contributed by atoms with Crippen LogP contribution in [0.15, 0.2) is 72.4 Å². The summed E-state index contributed by atoms with van der Waals surface area (Å²) in [5, 5.41) is 0. The number of anilines is 2. The average molecular weight is 423 g/mol. The normalized spacial score (nSPS) is 16.1. The molecule has 0 spiro atoms. The van der Waals surface area contributed by atoms with Gasteiger partial charge in [0.2, 0.25) is 0 Å². The first-order valence-electron chi connectivity index (χ1n) is 11.1. The fourth-order valence-corrected chi connectivity index (χ4v) is 4.69. The molecule has 4 nitrogen and oxygen atoms in total. The van der Waals surface area contributed by atoms with Gasteiger partial charge in [-0.3, -0.25) is 9.59 Å². The smallest absolute Gasteiger partial charge is 0.282 e. The minimum atomic E-state index is -0.262. The Kier molecular flexibility index (Phi) is 4.93. The molecule has 0 fully saturated rings. The van der Waals surface area contributed by atoms with E-state index in [4.69, 9.17) is 0 Å². The molecule has 5 rings (SSSR count). The van der Waals surface area contributed by atoms with E-state index in [1.54, 1.807) is 0 Å². The third-order valence-corrected chi connectivity index (χ3v) is 6.50. The quantitative estimate of drug-likeness (QED) is 0.534. The van der Waals surface area contributed by atoms with E-state index in [1.807, 2.05) is 74.5 Å². The molecule has 3 aromatic rings. The SMILES string of the molecule is Cc1cccc(N2C(=O)C(c3ccc(C)c(C)c3)=C(N3CCCc4ccccc43)C2=O)c1. The Hall–Kier alpha value is -3.66. The number of carbonyl (C=O) groups excluding carboxylic acids is 2. The van der Waals surface area contributed by atoms with Gasteiger partial charge in [-0.25, -0.2) is 4.90 Å². The van der Waals surface area contributed by atoms with Crippen LogP contribution in [0.3, 0.4) is 0 Å². The van der Waals surface area contributed by atoms with Gasteiger partial charge >= 0.3 is 0 Å². The Bertz CT molecular complexity index is 1290. The fourth-order valence-electron chi connectivity index (χ4n) is 4.69. The van der Waals surface area contributed by atoms with Gasteiger partial charge in [0, 0.05) is 12.2 Å². The van der Waals surface area contributed by atoms with Gasteiger partial charge in [-0.05, 0) is 79.6 Å². The number of aryl methyl sites for hydroxylation is 4. The topological polar surface area (TPSA) is 40.6 Å². The largest absolute Gasteiger partial charge is 0.336 e. The molecule has 2 amide bonds. The van der Waals surface area contributed by atoms with Crippen molar-refractivity contribution < 1.29 is 9.59 Å². The molecule has 4 heteroatoms. The molecule has 0 unspecified atom stereocenters. The monoisotopic (exact) mass is 422 g/mol. The van der Waals surface area contributed by atoms with Crippen LogP contribution in [0.25, 0.3) is 5.57 Å². The maximum Gasteiger partial charge on any atom is 0.282 e. The van der Waals surface area contributed by atoms with E-state index in [2.05, 4.69) is 17.9 Å². The summed E-state index contributed by atoms with van der Waals surface area (Å²) in [5.41, 5.74) is 7.86. The number of carbonyl (C=O) groups is 2. The first-order chi connectivity index (χ1) is 15.5. The van der Waals surface area contributed by atoms with Gasteiger partial charge in [0.15, 0.2) is 0 Å². The van der Waals surface area contributed by atoms with E-state index in [9.17, 15) is 9.59 Å². The van der Waals surface area contributed by atoms with Crippen molar-refractivity contribution in [2.75, 3.05) is 16.3 Å². The molecule has 2 aliphatic heterocycles. The lowest BCUT2D eigenvalue weighted by molar-refractivity contribution is -0.120. The Morgan fingerprint density at radius 1 is 0.781 bits per heavy atom. The van der Waals surface area contributed by atoms with Gasteiger partial charge in [0.25, 0.3) is 11.8 Å². The summed E-state index contributed by atoms with van der Waals surface area (Å²) in [4.78, 5) is 31.1. The van der Waals surface area contributed by atoms with Crippen LogP contribution in [-0.4, -0.2) is 18.4 Å². The van der Waals surface area contributed by atoms with Gasteiger partial charge in [-0.15, -0.1) is 0 Å². The molecule has 2 heterocycles. The first kappa shape index (κ1) is 20.3. The molecule has 2 aliphatic rings.